The number of hydrogen-bond acceptors (Lipinski definition) is 3. The minimum Gasteiger partial charge on any atom is -0.365 e. The van der Waals surface area contributed by atoms with E-state index in [0.717, 1.165) is 23.4 Å². The number of imidazole rings is 1. The Labute approximate surface area is 131 Å². The van der Waals surface area contributed by atoms with Crippen LogP contribution in [0.25, 0.3) is 11.0 Å². The van der Waals surface area contributed by atoms with Crippen LogP contribution in [0.3, 0.4) is 0 Å². The zero-order valence-corrected chi connectivity index (χ0v) is 13.4. The SMILES string of the molecule is C=CCO[C@@H](C)C(=O)N[C@H](C)c1nc2ccccc2n1CC. The molecule has 1 aromatic carbocycles. The Bertz CT molecular complexity index is 663. The molecule has 0 aliphatic carbocycles. The van der Waals surface area contributed by atoms with Crippen molar-refractivity contribution in [3.05, 3.63) is 42.7 Å². The Morgan fingerprint density at radius 1 is 1.45 bits per heavy atom. The Balaban J connectivity index is 2.17. The molecule has 2 atom stereocenters. The molecule has 5 heteroatoms. The van der Waals surface area contributed by atoms with Crippen molar-refractivity contribution in [1.29, 1.82) is 0 Å². The molecule has 1 aromatic heterocycles. The maximum absolute atomic E-state index is 12.1. The molecule has 0 aliphatic rings. The Morgan fingerprint density at radius 2 is 2.18 bits per heavy atom. The number of benzene rings is 1. The molecule has 0 saturated heterocycles. The van der Waals surface area contributed by atoms with E-state index in [1.54, 1.807) is 13.0 Å². The van der Waals surface area contributed by atoms with E-state index >= 15 is 0 Å². The van der Waals surface area contributed by atoms with E-state index in [9.17, 15) is 4.79 Å². The van der Waals surface area contributed by atoms with Crippen LogP contribution in [0, 0.1) is 0 Å². The van der Waals surface area contributed by atoms with Gasteiger partial charge in [0.15, 0.2) is 0 Å². The first-order valence-electron chi connectivity index (χ1n) is 7.56. The first-order valence-corrected chi connectivity index (χ1v) is 7.56. The number of aryl methyl sites for hydroxylation is 1. The molecule has 1 amide bonds. The number of carbonyl (C=O) groups is 1. The highest BCUT2D eigenvalue weighted by Crippen LogP contribution is 2.20. The maximum Gasteiger partial charge on any atom is 0.249 e. The second-order valence-corrected chi connectivity index (χ2v) is 5.20. The Morgan fingerprint density at radius 3 is 2.86 bits per heavy atom. The largest absolute Gasteiger partial charge is 0.365 e. The zero-order valence-electron chi connectivity index (χ0n) is 13.4. The number of para-hydroxylation sites is 2. The molecule has 5 nitrogen and oxygen atoms in total. The van der Waals surface area contributed by atoms with Gasteiger partial charge in [0, 0.05) is 6.54 Å². The number of fused-ring (bicyclic) bond motifs is 1. The summed E-state index contributed by atoms with van der Waals surface area (Å²) in [5.41, 5.74) is 2.02. The number of amides is 1. The molecule has 0 bridgehead atoms. The van der Waals surface area contributed by atoms with E-state index in [1.165, 1.54) is 0 Å². The van der Waals surface area contributed by atoms with Gasteiger partial charge in [-0.3, -0.25) is 4.79 Å². The minimum atomic E-state index is -0.514. The lowest BCUT2D eigenvalue weighted by atomic mass is 10.2. The van der Waals surface area contributed by atoms with Gasteiger partial charge in [-0.15, -0.1) is 6.58 Å². The molecule has 0 aliphatic heterocycles. The zero-order chi connectivity index (χ0) is 16.1. The monoisotopic (exact) mass is 301 g/mol. The van der Waals surface area contributed by atoms with Crippen LogP contribution in [0.15, 0.2) is 36.9 Å². The van der Waals surface area contributed by atoms with Crippen molar-refractivity contribution in [2.45, 2.75) is 39.5 Å². The van der Waals surface area contributed by atoms with Crippen molar-refractivity contribution in [1.82, 2.24) is 14.9 Å². The average molecular weight is 301 g/mol. The van der Waals surface area contributed by atoms with E-state index in [4.69, 9.17) is 4.74 Å². The first kappa shape index (κ1) is 16.2. The molecule has 0 saturated carbocycles. The Kier molecular flexibility index (Phi) is 5.33. The summed E-state index contributed by atoms with van der Waals surface area (Å²) in [7, 11) is 0. The van der Waals surface area contributed by atoms with Crippen LogP contribution in [0.1, 0.15) is 32.6 Å². The highest BCUT2D eigenvalue weighted by atomic mass is 16.5. The highest BCUT2D eigenvalue weighted by molar-refractivity contribution is 5.81. The van der Waals surface area contributed by atoms with E-state index < -0.39 is 6.10 Å². The predicted molar refractivity (Wildman–Crippen MR) is 87.6 cm³/mol. The summed E-state index contributed by atoms with van der Waals surface area (Å²) >= 11 is 0. The second kappa shape index (κ2) is 7.22. The highest BCUT2D eigenvalue weighted by Gasteiger charge is 2.20. The topological polar surface area (TPSA) is 56.1 Å². The van der Waals surface area contributed by atoms with Gasteiger partial charge in [0.1, 0.15) is 11.9 Å². The van der Waals surface area contributed by atoms with Crippen molar-refractivity contribution < 1.29 is 9.53 Å². The molecule has 0 radical (unpaired) electrons. The molecule has 2 aromatic rings. The van der Waals surface area contributed by atoms with Crippen molar-refractivity contribution in [2.24, 2.45) is 0 Å². The van der Waals surface area contributed by atoms with Gasteiger partial charge in [-0.1, -0.05) is 18.2 Å². The van der Waals surface area contributed by atoms with Gasteiger partial charge in [-0.2, -0.15) is 0 Å². The molecular formula is C17H23N3O2. The lowest BCUT2D eigenvalue weighted by Crippen LogP contribution is -2.37. The third kappa shape index (κ3) is 3.36. The number of carbonyl (C=O) groups excluding carboxylic acids is 1. The third-order valence-electron chi connectivity index (χ3n) is 3.58. The normalized spacial score (nSPS) is 13.8. The van der Waals surface area contributed by atoms with Crippen molar-refractivity contribution in [3.63, 3.8) is 0 Å². The molecular weight excluding hydrogens is 278 g/mol. The van der Waals surface area contributed by atoms with E-state index in [2.05, 4.69) is 28.4 Å². The van der Waals surface area contributed by atoms with Crippen molar-refractivity contribution >= 4 is 16.9 Å². The lowest BCUT2D eigenvalue weighted by Gasteiger charge is -2.18. The van der Waals surface area contributed by atoms with Gasteiger partial charge in [-0.25, -0.2) is 4.98 Å². The molecule has 118 valence electrons. The van der Waals surface area contributed by atoms with Gasteiger partial charge in [0.25, 0.3) is 0 Å². The van der Waals surface area contributed by atoms with E-state index in [-0.39, 0.29) is 11.9 Å². The minimum absolute atomic E-state index is 0.149. The first-order chi connectivity index (χ1) is 10.6. The van der Waals surface area contributed by atoms with Crippen molar-refractivity contribution in [3.8, 4) is 0 Å². The van der Waals surface area contributed by atoms with Crippen molar-refractivity contribution in [2.75, 3.05) is 6.61 Å². The van der Waals surface area contributed by atoms with E-state index in [1.807, 2.05) is 31.2 Å². The Hall–Kier alpha value is -2.14. The second-order valence-electron chi connectivity index (χ2n) is 5.20. The maximum atomic E-state index is 12.1. The number of nitrogens with one attached hydrogen (secondary N) is 1. The van der Waals surface area contributed by atoms with Crippen LogP contribution in [0.4, 0.5) is 0 Å². The van der Waals surface area contributed by atoms with Gasteiger partial charge in [0.05, 0.1) is 23.7 Å². The van der Waals surface area contributed by atoms with Gasteiger partial charge >= 0.3 is 0 Å². The summed E-state index contributed by atoms with van der Waals surface area (Å²) in [5.74, 6) is 0.706. The summed E-state index contributed by atoms with van der Waals surface area (Å²) in [6.07, 6.45) is 1.11. The van der Waals surface area contributed by atoms with Crippen LogP contribution in [0.2, 0.25) is 0 Å². The standard InChI is InChI=1S/C17H23N3O2/c1-5-11-22-13(4)17(21)18-12(3)16-19-14-9-7-8-10-15(14)20(16)6-2/h5,7-10,12-13H,1,6,11H2,2-4H3,(H,18,21)/t12-,13+/m1/s1. The van der Waals surface area contributed by atoms with Crippen LogP contribution >= 0.6 is 0 Å². The van der Waals surface area contributed by atoms with Crippen LogP contribution < -0.4 is 5.32 Å². The fraction of sp³-hybridized carbons (Fsp3) is 0.412. The molecule has 1 heterocycles. The lowest BCUT2D eigenvalue weighted by molar-refractivity contribution is -0.131. The summed E-state index contributed by atoms with van der Waals surface area (Å²) in [6.45, 7) is 10.5. The molecule has 0 unspecified atom stereocenters. The molecule has 1 N–H and O–H groups in total. The van der Waals surface area contributed by atoms with Crippen LogP contribution in [-0.4, -0.2) is 28.2 Å². The smallest absolute Gasteiger partial charge is 0.249 e. The molecule has 0 spiro atoms. The fourth-order valence-electron chi connectivity index (χ4n) is 2.44. The van der Waals surface area contributed by atoms with Gasteiger partial charge < -0.3 is 14.6 Å². The molecule has 0 fully saturated rings. The average Bonchev–Trinajstić information content (AvgIpc) is 2.91. The molecule has 22 heavy (non-hydrogen) atoms. The van der Waals surface area contributed by atoms with Crippen LogP contribution in [-0.2, 0) is 16.1 Å². The summed E-state index contributed by atoms with van der Waals surface area (Å²) < 4.78 is 7.47. The van der Waals surface area contributed by atoms with Gasteiger partial charge in [-0.05, 0) is 32.9 Å². The number of hydrogen-bond donors (Lipinski definition) is 1. The quantitative estimate of drug-likeness (QED) is 0.800. The summed E-state index contributed by atoms with van der Waals surface area (Å²) in [4.78, 5) is 16.8. The number of aromatic nitrogens is 2. The third-order valence-corrected chi connectivity index (χ3v) is 3.58. The fourth-order valence-corrected chi connectivity index (χ4v) is 2.44. The van der Waals surface area contributed by atoms with Gasteiger partial charge in [0.2, 0.25) is 5.91 Å². The van der Waals surface area contributed by atoms with Crippen LogP contribution in [0.5, 0.6) is 0 Å². The number of rotatable bonds is 7. The molecule has 2 rings (SSSR count). The van der Waals surface area contributed by atoms with E-state index in [0.29, 0.717) is 6.61 Å². The number of nitrogens with zero attached hydrogens (tertiary/aromatic N) is 2. The summed E-state index contributed by atoms with van der Waals surface area (Å²) in [6, 6.07) is 7.80. The number of ether oxygens (including phenoxy) is 1. The summed E-state index contributed by atoms with van der Waals surface area (Å²) in [5, 5.41) is 2.96. The predicted octanol–water partition coefficient (Wildman–Crippen LogP) is 2.82.